The van der Waals surface area contributed by atoms with E-state index in [4.69, 9.17) is 9.47 Å². The molecule has 4 heteroatoms. The molecular formula is C16H16O4. The van der Waals surface area contributed by atoms with Crippen molar-refractivity contribution in [2.45, 2.75) is 6.61 Å². The number of esters is 1. The lowest BCUT2D eigenvalue weighted by Crippen LogP contribution is -2.02. The summed E-state index contributed by atoms with van der Waals surface area (Å²) in [7, 11) is 2.97. The van der Waals surface area contributed by atoms with Crippen LogP contribution in [0.25, 0.3) is 0 Å². The summed E-state index contributed by atoms with van der Waals surface area (Å²) in [6.45, 7) is 0.370. The van der Waals surface area contributed by atoms with Gasteiger partial charge in [-0.1, -0.05) is 24.3 Å². The van der Waals surface area contributed by atoms with Crippen LogP contribution in [0.15, 0.2) is 48.5 Å². The van der Waals surface area contributed by atoms with E-state index >= 15 is 0 Å². The van der Waals surface area contributed by atoms with Crippen LogP contribution in [0.3, 0.4) is 0 Å². The van der Waals surface area contributed by atoms with E-state index in [2.05, 4.69) is 4.74 Å². The van der Waals surface area contributed by atoms with Crippen LogP contribution in [-0.4, -0.2) is 20.2 Å². The summed E-state index contributed by atoms with van der Waals surface area (Å²) in [6, 6.07) is 14.5. The Bertz CT molecular complexity index is 593. The first-order chi connectivity index (χ1) is 9.74. The maximum absolute atomic E-state index is 11.4. The van der Waals surface area contributed by atoms with Gasteiger partial charge in [0.25, 0.3) is 0 Å². The lowest BCUT2D eigenvalue weighted by Gasteiger charge is -2.10. The van der Waals surface area contributed by atoms with Gasteiger partial charge in [-0.05, 0) is 24.3 Å². The SMILES string of the molecule is COC(=O)c1cccc(OCc2ccccc2OC)c1. The van der Waals surface area contributed by atoms with E-state index in [-0.39, 0.29) is 5.97 Å². The Morgan fingerprint density at radius 3 is 2.60 bits per heavy atom. The van der Waals surface area contributed by atoms with Crippen LogP contribution in [0.2, 0.25) is 0 Å². The molecule has 0 aliphatic carbocycles. The predicted molar refractivity (Wildman–Crippen MR) is 75.1 cm³/mol. The van der Waals surface area contributed by atoms with Gasteiger partial charge in [0.05, 0.1) is 19.8 Å². The first-order valence-corrected chi connectivity index (χ1v) is 6.17. The molecule has 0 amide bonds. The molecule has 0 saturated heterocycles. The molecule has 0 heterocycles. The summed E-state index contributed by atoms with van der Waals surface area (Å²) in [5, 5.41) is 0. The third-order valence-corrected chi connectivity index (χ3v) is 2.84. The van der Waals surface area contributed by atoms with Crippen LogP contribution in [0.5, 0.6) is 11.5 Å². The Morgan fingerprint density at radius 2 is 1.85 bits per heavy atom. The molecule has 0 aliphatic heterocycles. The second-order valence-electron chi connectivity index (χ2n) is 4.12. The van der Waals surface area contributed by atoms with Crippen LogP contribution in [-0.2, 0) is 11.3 Å². The Balaban J connectivity index is 2.09. The minimum absolute atomic E-state index is 0.370. The molecule has 4 nitrogen and oxygen atoms in total. The number of benzene rings is 2. The average Bonchev–Trinajstić information content (AvgIpc) is 2.52. The van der Waals surface area contributed by atoms with Crippen LogP contribution < -0.4 is 9.47 Å². The van der Waals surface area contributed by atoms with Crippen molar-refractivity contribution in [1.29, 1.82) is 0 Å². The summed E-state index contributed by atoms with van der Waals surface area (Å²) < 4.78 is 15.6. The second-order valence-corrected chi connectivity index (χ2v) is 4.12. The van der Waals surface area contributed by atoms with Crippen molar-refractivity contribution in [3.05, 3.63) is 59.7 Å². The fourth-order valence-electron chi connectivity index (χ4n) is 1.81. The monoisotopic (exact) mass is 272 g/mol. The normalized spacial score (nSPS) is 9.90. The average molecular weight is 272 g/mol. The Labute approximate surface area is 117 Å². The summed E-state index contributed by atoms with van der Waals surface area (Å²) >= 11 is 0. The third kappa shape index (κ3) is 3.29. The van der Waals surface area contributed by atoms with Gasteiger partial charge >= 0.3 is 5.97 Å². The largest absolute Gasteiger partial charge is 0.496 e. The van der Waals surface area contributed by atoms with E-state index in [1.165, 1.54) is 7.11 Å². The smallest absolute Gasteiger partial charge is 0.337 e. The number of methoxy groups -OCH3 is 2. The van der Waals surface area contributed by atoms with Gasteiger partial charge in [0, 0.05) is 5.56 Å². The highest BCUT2D eigenvalue weighted by Crippen LogP contribution is 2.21. The summed E-state index contributed by atoms with van der Waals surface area (Å²) in [6.07, 6.45) is 0. The van der Waals surface area contributed by atoms with Gasteiger partial charge in [-0.3, -0.25) is 0 Å². The minimum atomic E-state index is -0.382. The highest BCUT2D eigenvalue weighted by Gasteiger charge is 2.07. The Kier molecular flexibility index (Phi) is 4.60. The fourth-order valence-corrected chi connectivity index (χ4v) is 1.81. The number of para-hydroxylation sites is 1. The van der Waals surface area contributed by atoms with Gasteiger partial charge in [-0.25, -0.2) is 4.79 Å². The highest BCUT2D eigenvalue weighted by molar-refractivity contribution is 5.89. The predicted octanol–water partition coefficient (Wildman–Crippen LogP) is 3.06. The minimum Gasteiger partial charge on any atom is -0.496 e. The van der Waals surface area contributed by atoms with Crippen molar-refractivity contribution in [2.24, 2.45) is 0 Å². The van der Waals surface area contributed by atoms with Gasteiger partial charge in [0.15, 0.2) is 0 Å². The highest BCUT2D eigenvalue weighted by atomic mass is 16.5. The van der Waals surface area contributed by atoms with Crippen molar-refractivity contribution in [1.82, 2.24) is 0 Å². The molecule has 2 aromatic carbocycles. The lowest BCUT2D eigenvalue weighted by atomic mass is 10.2. The third-order valence-electron chi connectivity index (χ3n) is 2.84. The van der Waals surface area contributed by atoms with Crippen molar-refractivity contribution in [3.63, 3.8) is 0 Å². The van der Waals surface area contributed by atoms with Gasteiger partial charge in [0.1, 0.15) is 18.1 Å². The van der Waals surface area contributed by atoms with Crippen LogP contribution in [0.4, 0.5) is 0 Å². The summed E-state index contributed by atoms with van der Waals surface area (Å²) in [5.41, 5.74) is 1.41. The molecule has 0 aliphatic rings. The van der Waals surface area contributed by atoms with Crippen molar-refractivity contribution in [3.8, 4) is 11.5 Å². The summed E-state index contributed by atoms with van der Waals surface area (Å²) in [5.74, 6) is 1.00. The molecule has 0 fully saturated rings. The molecule has 2 aromatic rings. The van der Waals surface area contributed by atoms with Crippen LogP contribution in [0.1, 0.15) is 15.9 Å². The van der Waals surface area contributed by atoms with Crippen LogP contribution >= 0.6 is 0 Å². The zero-order chi connectivity index (χ0) is 14.4. The fraction of sp³-hybridized carbons (Fsp3) is 0.188. The van der Waals surface area contributed by atoms with Crippen molar-refractivity contribution in [2.75, 3.05) is 14.2 Å². The van der Waals surface area contributed by atoms with E-state index in [9.17, 15) is 4.79 Å². The van der Waals surface area contributed by atoms with E-state index in [0.717, 1.165) is 11.3 Å². The molecule has 0 spiro atoms. The molecule has 2 rings (SSSR count). The standard InChI is InChI=1S/C16H16O4/c1-18-15-9-4-3-6-13(15)11-20-14-8-5-7-12(10-14)16(17)19-2/h3-10H,11H2,1-2H3. The molecule has 0 aromatic heterocycles. The maximum Gasteiger partial charge on any atom is 0.337 e. The van der Waals surface area contributed by atoms with Crippen molar-refractivity contribution < 1.29 is 19.0 Å². The number of hydrogen-bond acceptors (Lipinski definition) is 4. The maximum atomic E-state index is 11.4. The molecule has 0 N–H and O–H groups in total. The first-order valence-electron chi connectivity index (χ1n) is 6.17. The molecule has 20 heavy (non-hydrogen) atoms. The van der Waals surface area contributed by atoms with Gasteiger partial charge in [-0.2, -0.15) is 0 Å². The molecule has 0 atom stereocenters. The topological polar surface area (TPSA) is 44.8 Å². The van der Waals surface area contributed by atoms with E-state index in [1.54, 1.807) is 31.4 Å². The summed E-state index contributed by atoms with van der Waals surface area (Å²) in [4.78, 5) is 11.4. The van der Waals surface area contributed by atoms with E-state index in [1.807, 2.05) is 24.3 Å². The molecule has 0 radical (unpaired) electrons. The number of hydrogen-bond donors (Lipinski definition) is 0. The van der Waals surface area contributed by atoms with E-state index in [0.29, 0.717) is 17.9 Å². The lowest BCUT2D eigenvalue weighted by molar-refractivity contribution is 0.0600. The Morgan fingerprint density at radius 1 is 1.05 bits per heavy atom. The number of rotatable bonds is 5. The second kappa shape index (κ2) is 6.61. The first kappa shape index (κ1) is 13.9. The van der Waals surface area contributed by atoms with Gasteiger partial charge in [0.2, 0.25) is 0 Å². The van der Waals surface area contributed by atoms with Crippen molar-refractivity contribution >= 4 is 5.97 Å². The molecule has 0 bridgehead atoms. The molecule has 0 saturated carbocycles. The Hall–Kier alpha value is -2.49. The number of carbonyl (C=O) groups excluding carboxylic acids is 1. The zero-order valence-corrected chi connectivity index (χ0v) is 11.5. The van der Waals surface area contributed by atoms with E-state index < -0.39 is 0 Å². The molecule has 0 unspecified atom stereocenters. The molecule has 104 valence electrons. The molecular weight excluding hydrogens is 256 g/mol. The zero-order valence-electron chi connectivity index (χ0n) is 11.5. The number of carbonyl (C=O) groups is 1. The number of ether oxygens (including phenoxy) is 3. The van der Waals surface area contributed by atoms with Gasteiger partial charge < -0.3 is 14.2 Å². The van der Waals surface area contributed by atoms with Gasteiger partial charge in [-0.15, -0.1) is 0 Å². The van der Waals surface area contributed by atoms with Crippen LogP contribution in [0, 0.1) is 0 Å². The quantitative estimate of drug-likeness (QED) is 0.785.